The number of hydrogen-bond donors (Lipinski definition) is 1. The molecule has 0 bridgehead atoms. The van der Waals surface area contributed by atoms with E-state index in [4.69, 9.17) is 4.74 Å². The van der Waals surface area contributed by atoms with E-state index in [9.17, 15) is 9.59 Å². The molecular weight excluding hydrogens is 208 g/mol. The molecule has 0 aliphatic heterocycles. The highest BCUT2D eigenvalue weighted by atomic mass is 16.5. The third kappa shape index (κ3) is 5.50. The van der Waals surface area contributed by atoms with Gasteiger partial charge in [0, 0.05) is 13.0 Å². The molecule has 0 saturated heterocycles. The number of likely N-dealkylation sites (N-methyl/N-ethyl adjacent to an activating group) is 1. The Hall–Kier alpha value is -1.36. The second kappa shape index (κ2) is 7.87. The van der Waals surface area contributed by atoms with E-state index in [1.165, 1.54) is 6.92 Å². The van der Waals surface area contributed by atoms with Gasteiger partial charge in [0.25, 0.3) is 0 Å². The molecule has 0 heterocycles. The van der Waals surface area contributed by atoms with Crippen molar-refractivity contribution < 1.29 is 14.3 Å². The van der Waals surface area contributed by atoms with Crippen LogP contribution in [0.25, 0.3) is 0 Å². The summed E-state index contributed by atoms with van der Waals surface area (Å²) in [6, 6.07) is 0. The van der Waals surface area contributed by atoms with Gasteiger partial charge in [-0.1, -0.05) is 20.4 Å². The maximum absolute atomic E-state index is 11.0. The summed E-state index contributed by atoms with van der Waals surface area (Å²) in [6.45, 7) is 10.4. The number of carbonyl (C=O) groups excluding carboxylic acids is 2. The van der Waals surface area contributed by atoms with Gasteiger partial charge in [-0.05, 0) is 13.1 Å². The first-order valence-corrected chi connectivity index (χ1v) is 5.35. The Morgan fingerprint density at radius 2 is 2.00 bits per heavy atom. The van der Waals surface area contributed by atoms with Crippen LogP contribution in [0.4, 0.5) is 0 Å². The SMILES string of the molecule is C=CC(=O)OCC(NC(C)=O)N(CC)CC. The number of nitrogens with one attached hydrogen (secondary N) is 1. The van der Waals surface area contributed by atoms with Crippen molar-refractivity contribution in [3.05, 3.63) is 12.7 Å². The first-order chi connectivity index (χ1) is 7.54. The van der Waals surface area contributed by atoms with Crippen LogP contribution in [0.1, 0.15) is 20.8 Å². The maximum Gasteiger partial charge on any atom is 0.330 e. The molecule has 0 spiro atoms. The summed E-state index contributed by atoms with van der Waals surface area (Å²) < 4.78 is 4.93. The zero-order valence-electron chi connectivity index (χ0n) is 10.2. The van der Waals surface area contributed by atoms with Gasteiger partial charge in [0.1, 0.15) is 12.8 Å². The summed E-state index contributed by atoms with van der Waals surface area (Å²) in [7, 11) is 0. The van der Waals surface area contributed by atoms with Gasteiger partial charge >= 0.3 is 5.97 Å². The molecule has 1 atom stereocenters. The molecule has 1 amide bonds. The number of carbonyl (C=O) groups is 2. The van der Waals surface area contributed by atoms with Crippen LogP contribution in [-0.2, 0) is 14.3 Å². The van der Waals surface area contributed by atoms with E-state index >= 15 is 0 Å². The van der Waals surface area contributed by atoms with Gasteiger partial charge in [-0.2, -0.15) is 0 Å². The second-order valence-corrected chi connectivity index (χ2v) is 3.27. The molecule has 0 fully saturated rings. The van der Waals surface area contributed by atoms with E-state index < -0.39 is 5.97 Å². The smallest absolute Gasteiger partial charge is 0.330 e. The molecule has 0 radical (unpaired) electrons. The lowest BCUT2D eigenvalue weighted by Crippen LogP contribution is -2.50. The summed E-state index contributed by atoms with van der Waals surface area (Å²) in [5, 5.41) is 2.74. The van der Waals surface area contributed by atoms with Gasteiger partial charge in [-0.15, -0.1) is 0 Å². The zero-order valence-corrected chi connectivity index (χ0v) is 10.2. The normalized spacial score (nSPS) is 12.0. The summed E-state index contributed by atoms with van der Waals surface area (Å²) in [5.74, 6) is -0.630. The van der Waals surface area contributed by atoms with Crippen LogP contribution in [0.15, 0.2) is 12.7 Å². The highest BCUT2D eigenvalue weighted by molar-refractivity contribution is 5.81. The Labute approximate surface area is 96.4 Å². The predicted octanol–water partition coefficient (Wildman–Crippen LogP) is 0.520. The molecule has 0 aromatic rings. The van der Waals surface area contributed by atoms with E-state index in [1.54, 1.807) is 0 Å². The van der Waals surface area contributed by atoms with Crippen LogP contribution in [-0.4, -0.2) is 42.6 Å². The first kappa shape index (κ1) is 14.6. The van der Waals surface area contributed by atoms with Gasteiger partial charge in [-0.3, -0.25) is 9.69 Å². The number of hydrogen-bond acceptors (Lipinski definition) is 4. The molecule has 0 rings (SSSR count). The number of rotatable bonds is 7. The summed E-state index contributed by atoms with van der Waals surface area (Å²) in [4.78, 5) is 23.9. The minimum Gasteiger partial charge on any atom is -0.459 e. The lowest BCUT2D eigenvalue weighted by atomic mass is 10.4. The molecule has 0 aromatic carbocycles. The van der Waals surface area contributed by atoms with E-state index in [0.29, 0.717) is 0 Å². The van der Waals surface area contributed by atoms with Crippen molar-refractivity contribution in [2.75, 3.05) is 19.7 Å². The number of nitrogens with zero attached hydrogens (tertiary/aromatic N) is 1. The molecule has 1 unspecified atom stereocenters. The number of amides is 1. The van der Waals surface area contributed by atoms with Crippen LogP contribution in [0, 0.1) is 0 Å². The van der Waals surface area contributed by atoms with Crippen molar-refractivity contribution in [1.29, 1.82) is 0 Å². The van der Waals surface area contributed by atoms with Crippen molar-refractivity contribution >= 4 is 11.9 Å². The molecule has 5 nitrogen and oxygen atoms in total. The average Bonchev–Trinajstić information content (AvgIpc) is 2.26. The van der Waals surface area contributed by atoms with Crippen molar-refractivity contribution in [3.63, 3.8) is 0 Å². The second-order valence-electron chi connectivity index (χ2n) is 3.27. The third-order valence-electron chi connectivity index (χ3n) is 2.17. The van der Waals surface area contributed by atoms with Crippen molar-refractivity contribution in [2.24, 2.45) is 0 Å². The quantitative estimate of drug-likeness (QED) is 0.392. The van der Waals surface area contributed by atoms with E-state index in [-0.39, 0.29) is 18.7 Å². The van der Waals surface area contributed by atoms with Crippen LogP contribution in [0.2, 0.25) is 0 Å². The zero-order chi connectivity index (χ0) is 12.6. The van der Waals surface area contributed by atoms with Crippen LogP contribution in [0.5, 0.6) is 0 Å². The van der Waals surface area contributed by atoms with Crippen molar-refractivity contribution in [2.45, 2.75) is 26.9 Å². The standard InChI is InChI=1S/C11H20N2O3/c1-5-11(15)16-8-10(12-9(4)14)13(6-2)7-3/h5,10H,1,6-8H2,2-4H3,(H,12,14). The Bertz CT molecular complexity index is 250. The minimum atomic E-state index is -0.484. The monoisotopic (exact) mass is 228 g/mol. The molecule has 5 heteroatoms. The maximum atomic E-state index is 11.0. The molecule has 0 aliphatic carbocycles. The predicted molar refractivity (Wildman–Crippen MR) is 61.7 cm³/mol. The molecule has 0 saturated carbocycles. The van der Waals surface area contributed by atoms with Gasteiger partial charge in [0.05, 0.1) is 0 Å². The molecule has 92 valence electrons. The fourth-order valence-corrected chi connectivity index (χ4v) is 1.36. The van der Waals surface area contributed by atoms with E-state index in [1.807, 2.05) is 18.7 Å². The minimum absolute atomic E-state index is 0.131. The average molecular weight is 228 g/mol. The van der Waals surface area contributed by atoms with Gasteiger partial charge < -0.3 is 10.1 Å². The Balaban J connectivity index is 4.34. The summed E-state index contributed by atoms with van der Waals surface area (Å²) in [5.41, 5.74) is 0. The fourth-order valence-electron chi connectivity index (χ4n) is 1.36. The summed E-state index contributed by atoms with van der Waals surface area (Å²) >= 11 is 0. The first-order valence-electron chi connectivity index (χ1n) is 5.35. The van der Waals surface area contributed by atoms with Crippen LogP contribution in [0.3, 0.4) is 0 Å². The summed E-state index contributed by atoms with van der Waals surface area (Å²) in [6.07, 6.45) is 0.823. The highest BCUT2D eigenvalue weighted by Gasteiger charge is 2.17. The molecular formula is C11H20N2O3. The number of esters is 1. The molecule has 1 N–H and O–H groups in total. The Morgan fingerprint density at radius 1 is 1.44 bits per heavy atom. The van der Waals surface area contributed by atoms with Crippen LogP contribution >= 0.6 is 0 Å². The fraction of sp³-hybridized carbons (Fsp3) is 0.636. The topological polar surface area (TPSA) is 58.6 Å². The lowest BCUT2D eigenvalue weighted by Gasteiger charge is -2.29. The number of ether oxygens (including phenoxy) is 1. The van der Waals surface area contributed by atoms with Gasteiger partial charge in [0.2, 0.25) is 5.91 Å². The largest absolute Gasteiger partial charge is 0.459 e. The highest BCUT2D eigenvalue weighted by Crippen LogP contribution is 1.97. The van der Waals surface area contributed by atoms with Crippen LogP contribution < -0.4 is 5.32 Å². The Morgan fingerprint density at radius 3 is 2.38 bits per heavy atom. The van der Waals surface area contributed by atoms with Gasteiger partial charge in [0.15, 0.2) is 0 Å². The van der Waals surface area contributed by atoms with Crippen molar-refractivity contribution in [3.8, 4) is 0 Å². The molecule has 0 aliphatic rings. The Kier molecular flexibility index (Phi) is 7.20. The van der Waals surface area contributed by atoms with Crippen molar-refractivity contribution in [1.82, 2.24) is 10.2 Å². The molecule has 16 heavy (non-hydrogen) atoms. The molecule has 0 aromatic heterocycles. The third-order valence-corrected chi connectivity index (χ3v) is 2.17. The van der Waals surface area contributed by atoms with E-state index in [0.717, 1.165) is 19.2 Å². The lowest BCUT2D eigenvalue weighted by molar-refractivity contribution is -0.141. The van der Waals surface area contributed by atoms with Gasteiger partial charge in [-0.25, -0.2) is 4.79 Å². The van der Waals surface area contributed by atoms with E-state index in [2.05, 4.69) is 11.9 Å².